The topological polar surface area (TPSA) is 37.0 Å². The zero-order valence-electron chi connectivity index (χ0n) is 8.79. The third kappa shape index (κ3) is 3.06. The molecule has 1 aromatic heterocycles. The van der Waals surface area contributed by atoms with Gasteiger partial charge in [0.05, 0.1) is 0 Å². The highest BCUT2D eigenvalue weighted by atomic mass is 35.5. The van der Waals surface area contributed by atoms with Crippen molar-refractivity contribution in [3.63, 3.8) is 0 Å². The summed E-state index contributed by atoms with van der Waals surface area (Å²) in [7, 11) is 2.04. The summed E-state index contributed by atoms with van der Waals surface area (Å²) >= 11 is 7.35. The van der Waals surface area contributed by atoms with E-state index in [0.717, 1.165) is 5.13 Å². The number of nitrogens with zero attached hydrogens (tertiary/aromatic N) is 1. The maximum atomic E-state index is 5.77. The van der Waals surface area contributed by atoms with E-state index in [1.165, 1.54) is 25.7 Å². The first-order valence-electron chi connectivity index (χ1n) is 5.33. The molecule has 1 fully saturated rings. The van der Waals surface area contributed by atoms with Gasteiger partial charge in [-0.2, -0.15) is 0 Å². The Kier molecular flexibility index (Phi) is 3.83. The Bertz CT molecular complexity index is 307. The van der Waals surface area contributed by atoms with Gasteiger partial charge < -0.3 is 10.6 Å². The SMILES string of the molecule is CNC1CCC(Nc2nc(Cl)cs2)CC1. The molecule has 0 amide bonds. The second kappa shape index (κ2) is 5.14. The van der Waals surface area contributed by atoms with Gasteiger partial charge in [-0.15, -0.1) is 11.3 Å². The number of hydrogen-bond acceptors (Lipinski definition) is 4. The fourth-order valence-electron chi connectivity index (χ4n) is 2.02. The molecule has 1 heterocycles. The van der Waals surface area contributed by atoms with E-state index in [0.29, 0.717) is 17.2 Å². The molecule has 0 atom stereocenters. The number of aromatic nitrogens is 1. The molecular formula is C10H16ClN3S. The van der Waals surface area contributed by atoms with Crippen LogP contribution in [0.15, 0.2) is 5.38 Å². The molecule has 0 bridgehead atoms. The second-order valence-electron chi connectivity index (χ2n) is 3.96. The van der Waals surface area contributed by atoms with E-state index in [4.69, 9.17) is 11.6 Å². The van der Waals surface area contributed by atoms with Crippen molar-refractivity contribution in [3.8, 4) is 0 Å². The van der Waals surface area contributed by atoms with Crippen LogP contribution in [0.25, 0.3) is 0 Å². The Balaban J connectivity index is 1.82. The quantitative estimate of drug-likeness (QED) is 0.860. The lowest BCUT2D eigenvalue weighted by atomic mass is 9.91. The lowest BCUT2D eigenvalue weighted by molar-refractivity contribution is 0.371. The van der Waals surface area contributed by atoms with Crippen molar-refractivity contribution in [2.24, 2.45) is 0 Å². The Morgan fingerprint density at radius 2 is 2.00 bits per heavy atom. The summed E-state index contributed by atoms with van der Waals surface area (Å²) in [6.07, 6.45) is 4.91. The molecule has 1 aliphatic carbocycles. The van der Waals surface area contributed by atoms with Gasteiger partial charge in [0, 0.05) is 17.5 Å². The highest BCUT2D eigenvalue weighted by molar-refractivity contribution is 7.14. The van der Waals surface area contributed by atoms with E-state index in [9.17, 15) is 0 Å². The lowest BCUT2D eigenvalue weighted by Crippen LogP contribution is -2.34. The van der Waals surface area contributed by atoms with Crippen LogP contribution in [-0.2, 0) is 0 Å². The molecule has 3 nitrogen and oxygen atoms in total. The van der Waals surface area contributed by atoms with Gasteiger partial charge in [-0.05, 0) is 32.7 Å². The van der Waals surface area contributed by atoms with E-state index in [1.807, 2.05) is 12.4 Å². The molecular weight excluding hydrogens is 230 g/mol. The third-order valence-corrected chi connectivity index (χ3v) is 4.04. The van der Waals surface area contributed by atoms with Crippen molar-refractivity contribution < 1.29 is 0 Å². The van der Waals surface area contributed by atoms with Gasteiger partial charge in [0.15, 0.2) is 5.13 Å². The largest absolute Gasteiger partial charge is 0.359 e. The minimum Gasteiger partial charge on any atom is -0.359 e. The first-order chi connectivity index (χ1) is 7.28. The average molecular weight is 246 g/mol. The standard InChI is InChI=1S/C10H16ClN3S/c1-12-7-2-4-8(5-3-7)13-10-14-9(11)6-15-10/h6-8,12H,2-5H2,1H3,(H,13,14). The summed E-state index contributed by atoms with van der Waals surface area (Å²) in [6, 6.07) is 1.26. The van der Waals surface area contributed by atoms with Crippen molar-refractivity contribution in [2.75, 3.05) is 12.4 Å². The zero-order chi connectivity index (χ0) is 10.7. The molecule has 0 saturated heterocycles. The van der Waals surface area contributed by atoms with Gasteiger partial charge in [0.2, 0.25) is 0 Å². The first kappa shape index (κ1) is 11.2. The molecule has 84 valence electrons. The predicted molar refractivity (Wildman–Crippen MR) is 65.9 cm³/mol. The number of rotatable bonds is 3. The summed E-state index contributed by atoms with van der Waals surface area (Å²) in [5.74, 6) is 0. The summed E-state index contributed by atoms with van der Waals surface area (Å²) in [6.45, 7) is 0. The molecule has 2 N–H and O–H groups in total. The van der Waals surface area contributed by atoms with E-state index in [2.05, 4.69) is 15.6 Å². The molecule has 2 rings (SSSR count). The molecule has 0 radical (unpaired) electrons. The Morgan fingerprint density at radius 3 is 2.53 bits per heavy atom. The average Bonchev–Trinajstić information content (AvgIpc) is 2.65. The summed E-state index contributed by atoms with van der Waals surface area (Å²) in [5.41, 5.74) is 0. The van der Waals surface area contributed by atoms with Crippen LogP contribution < -0.4 is 10.6 Å². The van der Waals surface area contributed by atoms with Crippen LogP contribution in [0.1, 0.15) is 25.7 Å². The van der Waals surface area contributed by atoms with Crippen LogP contribution in [0.5, 0.6) is 0 Å². The monoisotopic (exact) mass is 245 g/mol. The smallest absolute Gasteiger partial charge is 0.184 e. The number of thiazole rings is 1. The Hall–Kier alpha value is -0.320. The van der Waals surface area contributed by atoms with Gasteiger partial charge in [0.25, 0.3) is 0 Å². The number of hydrogen-bond donors (Lipinski definition) is 2. The molecule has 0 aliphatic heterocycles. The molecule has 0 aromatic carbocycles. The van der Waals surface area contributed by atoms with Gasteiger partial charge in [-0.1, -0.05) is 11.6 Å². The number of nitrogens with one attached hydrogen (secondary N) is 2. The molecule has 0 unspecified atom stereocenters. The van der Waals surface area contributed by atoms with Crippen molar-refractivity contribution in [1.82, 2.24) is 10.3 Å². The Morgan fingerprint density at radius 1 is 1.33 bits per heavy atom. The highest BCUT2D eigenvalue weighted by Crippen LogP contribution is 2.25. The molecule has 1 saturated carbocycles. The lowest BCUT2D eigenvalue weighted by Gasteiger charge is -2.28. The van der Waals surface area contributed by atoms with Crippen molar-refractivity contribution in [3.05, 3.63) is 10.5 Å². The first-order valence-corrected chi connectivity index (χ1v) is 6.58. The molecule has 5 heteroatoms. The highest BCUT2D eigenvalue weighted by Gasteiger charge is 2.20. The molecule has 1 aromatic rings. The molecule has 0 spiro atoms. The van der Waals surface area contributed by atoms with E-state index in [-0.39, 0.29) is 0 Å². The maximum absolute atomic E-state index is 5.77. The van der Waals surface area contributed by atoms with Gasteiger partial charge in [-0.25, -0.2) is 4.98 Å². The van der Waals surface area contributed by atoms with Crippen molar-refractivity contribution in [1.29, 1.82) is 0 Å². The van der Waals surface area contributed by atoms with Crippen molar-refractivity contribution >= 4 is 28.1 Å². The van der Waals surface area contributed by atoms with Crippen LogP contribution in [0.3, 0.4) is 0 Å². The summed E-state index contributed by atoms with van der Waals surface area (Å²) in [5, 5.41) is 10.2. The fraction of sp³-hybridized carbons (Fsp3) is 0.700. The van der Waals surface area contributed by atoms with Crippen LogP contribution in [0.4, 0.5) is 5.13 Å². The van der Waals surface area contributed by atoms with E-state index in [1.54, 1.807) is 11.3 Å². The van der Waals surface area contributed by atoms with E-state index < -0.39 is 0 Å². The zero-order valence-corrected chi connectivity index (χ0v) is 10.4. The van der Waals surface area contributed by atoms with Crippen LogP contribution in [-0.4, -0.2) is 24.1 Å². The fourth-order valence-corrected chi connectivity index (χ4v) is 2.94. The van der Waals surface area contributed by atoms with Gasteiger partial charge in [0.1, 0.15) is 5.15 Å². The van der Waals surface area contributed by atoms with Crippen LogP contribution >= 0.6 is 22.9 Å². The van der Waals surface area contributed by atoms with Gasteiger partial charge in [-0.3, -0.25) is 0 Å². The van der Waals surface area contributed by atoms with Gasteiger partial charge >= 0.3 is 0 Å². The minimum atomic E-state index is 0.566. The number of anilines is 1. The minimum absolute atomic E-state index is 0.566. The molecule has 15 heavy (non-hydrogen) atoms. The second-order valence-corrected chi connectivity index (χ2v) is 5.20. The molecule has 1 aliphatic rings. The summed E-state index contributed by atoms with van der Waals surface area (Å²) in [4.78, 5) is 4.20. The van der Waals surface area contributed by atoms with Crippen LogP contribution in [0.2, 0.25) is 5.15 Å². The predicted octanol–water partition coefficient (Wildman–Crippen LogP) is 2.74. The normalized spacial score (nSPS) is 26.5. The van der Waals surface area contributed by atoms with Crippen molar-refractivity contribution in [2.45, 2.75) is 37.8 Å². The van der Waals surface area contributed by atoms with E-state index >= 15 is 0 Å². The van der Waals surface area contributed by atoms with Crippen LogP contribution in [0, 0.1) is 0 Å². The summed E-state index contributed by atoms with van der Waals surface area (Å²) < 4.78 is 0. The third-order valence-electron chi connectivity index (χ3n) is 2.94. The Labute approximate surface area is 99.2 Å². The maximum Gasteiger partial charge on any atom is 0.184 e. The number of halogens is 1.